The molecule has 2 heterocycles. The summed E-state index contributed by atoms with van der Waals surface area (Å²) in [6.07, 6.45) is 4.79. The highest BCUT2D eigenvalue weighted by atomic mass is 16.5. The summed E-state index contributed by atoms with van der Waals surface area (Å²) in [6, 6.07) is 2.21. The molecular formula is C13H15N3O3. The summed E-state index contributed by atoms with van der Waals surface area (Å²) in [5, 5.41) is 2.99. The van der Waals surface area contributed by atoms with Crippen molar-refractivity contribution in [3.63, 3.8) is 0 Å². The van der Waals surface area contributed by atoms with Crippen LogP contribution in [0.25, 0.3) is 0 Å². The number of ether oxygens (including phenoxy) is 1. The van der Waals surface area contributed by atoms with E-state index in [0.29, 0.717) is 13.2 Å². The van der Waals surface area contributed by atoms with Crippen LogP contribution in [-0.4, -0.2) is 22.5 Å². The Kier molecular flexibility index (Phi) is 4.12. The third kappa shape index (κ3) is 3.31. The number of hydrogen-bond donors (Lipinski definition) is 1. The number of esters is 1. The number of aryl methyl sites for hydroxylation is 1. The van der Waals surface area contributed by atoms with Crippen molar-refractivity contribution < 1.29 is 13.9 Å². The van der Waals surface area contributed by atoms with Crippen LogP contribution in [0.5, 0.6) is 0 Å². The molecule has 0 aliphatic heterocycles. The first-order chi connectivity index (χ1) is 9.20. The van der Waals surface area contributed by atoms with Gasteiger partial charge in [-0.15, -0.1) is 0 Å². The van der Waals surface area contributed by atoms with Gasteiger partial charge in [0.2, 0.25) is 0 Å². The van der Waals surface area contributed by atoms with Gasteiger partial charge in [0.1, 0.15) is 6.26 Å². The summed E-state index contributed by atoms with van der Waals surface area (Å²) in [5.74, 6) is -0.489. The van der Waals surface area contributed by atoms with Crippen LogP contribution in [0.15, 0.2) is 29.1 Å². The molecule has 0 fully saturated rings. The predicted octanol–water partition coefficient (Wildman–Crippen LogP) is 2.17. The van der Waals surface area contributed by atoms with E-state index in [1.54, 1.807) is 19.3 Å². The van der Waals surface area contributed by atoms with Crippen LogP contribution in [0.1, 0.15) is 28.5 Å². The molecule has 100 valence electrons. The number of nitrogens with one attached hydrogen (secondary N) is 1. The fourth-order valence-corrected chi connectivity index (χ4v) is 1.51. The number of carbonyl (C=O) groups excluding carboxylic acids is 1. The number of aromatic nitrogens is 2. The minimum Gasteiger partial charge on any atom is -0.461 e. The summed E-state index contributed by atoms with van der Waals surface area (Å²) >= 11 is 0. The molecule has 6 heteroatoms. The van der Waals surface area contributed by atoms with Gasteiger partial charge < -0.3 is 14.5 Å². The number of rotatable bonds is 5. The first-order valence-electron chi connectivity index (χ1n) is 5.96. The summed E-state index contributed by atoms with van der Waals surface area (Å²) in [5.41, 5.74) is 2.32. The molecule has 0 amide bonds. The van der Waals surface area contributed by atoms with Crippen LogP contribution in [0.3, 0.4) is 0 Å². The average molecular weight is 261 g/mol. The molecule has 6 nitrogen and oxygen atoms in total. The highest BCUT2D eigenvalue weighted by Gasteiger charge is 2.12. The van der Waals surface area contributed by atoms with E-state index in [-0.39, 0.29) is 11.7 Å². The fraction of sp³-hybridized carbons (Fsp3) is 0.308. The van der Waals surface area contributed by atoms with E-state index in [1.165, 1.54) is 6.26 Å². The zero-order chi connectivity index (χ0) is 13.7. The topological polar surface area (TPSA) is 77.2 Å². The van der Waals surface area contributed by atoms with E-state index in [4.69, 9.17) is 9.15 Å². The van der Waals surface area contributed by atoms with Gasteiger partial charge in [-0.25, -0.2) is 4.79 Å². The Morgan fingerprint density at radius 2 is 2.37 bits per heavy atom. The van der Waals surface area contributed by atoms with Crippen molar-refractivity contribution >= 4 is 12.0 Å². The molecule has 0 bridgehead atoms. The van der Waals surface area contributed by atoms with Crippen LogP contribution in [-0.2, 0) is 11.3 Å². The predicted molar refractivity (Wildman–Crippen MR) is 68.8 cm³/mol. The lowest BCUT2D eigenvalue weighted by Crippen LogP contribution is -2.06. The van der Waals surface area contributed by atoms with E-state index in [0.717, 1.165) is 11.1 Å². The van der Waals surface area contributed by atoms with E-state index < -0.39 is 5.97 Å². The van der Waals surface area contributed by atoms with Crippen molar-refractivity contribution in [1.82, 2.24) is 9.97 Å². The first kappa shape index (κ1) is 13.1. The third-order valence-electron chi connectivity index (χ3n) is 2.57. The van der Waals surface area contributed by atoms with Crippen molar-refractivity contribution in [3.8, 4) is 0 Å². The Labute approximate surface area is 110 Å². The number of nitrogens with zero attached hydrogens (tertiary/aromatic N) is 2. The van der Waals surface area contributed by atoms with Gasteiger partial charge in [0.05, 0.1) is 6.61 Å². The van der Waals surface area contributed by atoms with Gasteiger partial charge in [-0.05, 0) is 31.0 Å². The molecule has 1 N–H and O–H groups in total. The van der Waals surface area contributed by atoms with Crippen LogP contribution in [0.2, 0.25) is 0 Å². The fourth-order valence-electron chi connectivity index (χ4n) is 1.51. The molecular weight excluding hydrogens is 246 g/mol. The van der Waals surface area contributed by atoms with Crippen LogP contribution < -0.4 is 5.32 Å². The maximum atomic E-state index is 11.4. The second-order valence-electron chi connectivity index (χ2n) is 3.91. The SMILES string of the molecule is CCOC(=O)c1coc(NCc2cnccc2C)n1. The molecule has 0 aliphatic carbocycles. The van der Waals surface area contributed by atoms with E-state index in [1.807, 2.05) is 13.0 Å². The molecule has 0 aliphatic rings. The molecule has 0 spiro atoms. The van der Waals surface area contributed by atoms with Gasteiger partial charge in [-0.1, -0.05) is 0 Å². The van der Waals surface area contributed by atoms with Crippen LogP contribution in [0, 0.1) is 6.92 Å². The second-order valence-corrected chi connectivity index (χ2v) is 3.91. The van der Waals surface area contributed by atoms with Crippen molar-refractivity contribution in [3.05, 3.63) is 41.5 Å². The van der Waals surface area contributed by atoms with Gasteiger partial charge >= 0.3 is 5.97 Å². The number of anilines is 1. The minimum atomic E-state index is -0.489. The Bertz CT molecular complexity index is 566. The molecule has 0 aromatic carbocycles. The zero-order valence-corrected chi connectivity index (χ0v) is 10.8. The third-order valence-corrected chi connectivity index (χ3v) is 2.57. The van der Waals surface area contributed by atoms with Gasteiger partial charge in [0, 0.05) is 18.9 Å². The molecule has 2 rings (SSSR count). The largest absolute Gasteiger partial charge is 0.461 e. The van der Waals surface area contributed by atoms with Crippen LogP contribution in [0.4, 0.5) is 6.01 Å². The lowest BCUT2D eigenvalue weighted by molar-refractivity contribution is 0.0519. The first-order valence-corrected chi connectivity index (χ1v) is 5.96. The van der Waals surface area contributed by atoms with Gasteiger partial charge in [0.15, 0.2) is 5.69 Å². The molecule has 0 unspecified atom stereocenters. The lowest BCUT2D eigenvalue weighted by atomic mass is 10.2. The highest BCUT2D eigenvalue weighted by Crippen LogP contribution is 2.12. The molecule has 2 aromatic heterocycles. The molecule has 19 heavy (non-hydrogen) atoms. The van der Waals surface area contributed by atoms with Crippen LogP contribution >= 0.6 is 0 Å². The quantitative estimate of drug-likeness (QED) is 0.831. The molecule has 0 radical (unpaired) electrons. The van der Waals surface area contributed by atoms with Crippen molar-refractivity contribution in [2.24, 2.45) is 0 Å². The lowest BCUT2D eigenvalue weighted by Gasteiger charge is -2.04. The highest BCUT2D eigenvalue weighted by molar-refractivity contribution is 5.87. The van der Waals surface area contributed by atoms with Gasteiger partial charge in [-0.3, -0.25) is 4.98 Å². The van der Waals surface area contributed by atoms with Gasteiger partial charge in [-0.2, -0.15) is 4.98 Å². The van der Waals surface area contributed by atoms with Crippen molar-refractivity contribution in [2.75, 3.05) is 11.9 Å². The van der Waals surface area contributed by atoms with Crippen molar-refractivity contribution in [2.45, 2.75) is 20.4 Å². The summed E-state index contributed by atoms with van der Waals surface area (Å²) in [6.45, 7) is 4.58. The maximum absolute atomic E-state index is 11.4. The zero-order valence-electron chi connectivity index (χ0n) is 10.8. The summed E-state index contributed by atoms with van der Waals surface area (Å²) in [4.78, 5) is 19.5. The summed E-state index contributed by atoms with van der Waals surface area (Å²) < 4.78 is 9.97. The molecule has 2 aromatic rings. The Morgan fingerprint density at radius 3 is 3.11 bits per heavy atom. The normalized spacial score (nSPS) is 10.2. The standard InChI is InChI=1S/C13H15N3O3/c1-3-18-12(17)11-8-19-13(16-11)15-7-10-6-14-5-4-9(10)2/h4-6,8H,3,7H2,1-2H3,(H,15,16). The Balaban J connectivity index is 1.97. The number of carbonyl (C=O) groups is 1. The van der Waals surface area contributed by atoms with E-state index >= 15 is 0 Å². The van der Waals surface area contributed by atoms with E-state index in [9.17, 15) is 4.79 Å². The molecule has 0 saturated heterocycles. The average Bonchev–Trinajstić information content (AvgIpc) is 2.87. The second kappa shape index (κ2) is 5.99. The number of oxazole rings is 1. The maximum Gasteiger partial charge on any atom is 0.360 e. The van der Waals surface area contributed by atoms with Gasteiger partial charge in [0.25, 0.3) is 6.01 Å². The molecule has 0 atom stereocenters. The monoisotopic (exact) mass is 261 g/mol. The van der Waals surface area contributed by atoms with E-state index in [2.05, 4.69) is 15.3 Å². The van der Waals surface area contributed by atoms with Crippen molar-refractivity contribution in [1.29, 1.82) is 0 Å². The number of hydrogen-bond acceptors (Lipinski definition) is 6. The summed E-state index contributed by atoms with van der Waals surface area (Å²) in [7, 11) is 0. The Morgan fingerprint density at radius 1 is 1.53 bits per heavy atom. The molecule has 0 saturated carbocycles. The number of pyridine rings is 1. The smallest absolute Gasteiger partial charge is 0.360 e. The Hall–Kier alpha value is -2.37. The minimum absolute atomic E-state index is 0.159.